The van der Waals surface area contributed by atoms with Crippen molar-refractivity contribution >= 4 is 23.7 Å². The lowest BCUT2D eigenvalue weighted by atomic mass is 10.1. The molecule has 0 saturated carbocycles. The molecular formula is C40H74O4S. The Bertz CT molecular complexity index is 646. The molecule has 2 unspecified atom stereocenters. The summed E-state index contributed by atoms with van der Waals surface area (Å²) in [6.07, 6.45) is 40.9. The van der Waals surface area contributed by atoms with Crippen molar-refractivity contribution in [1.82, 2.24) is 0 Å². The number of ether oxygens (including phenoxy) is 2. The fourth-order valence-corrected chi connectivity index (χ4v) is 6.96. The van der Waals surface area contributed by atoms with Crippen LogP contribution in [-0.2, 0) is 19.1 Å². The fraction of sp³-hybridized carbons (Fsp3) is 0.850. The largest absolute Gasteiger partial charge is 0.465 e. The molecule has 5 heteroatoms. The maximum Gasteiger partial charge on any atom is 0.319 e. The first-order valence-electron chi connectivity index (χ1n) is 19.4. The standard InChI is InChI=1S/C40H74O4S/c1-5-9-11-13-15-17-19-21-23-25-27-29-31-33-35-37(39(41)43-7-3)45-38(40(42)44-8-4)36-34-32-30-28-26-24-22-20-18-16-14-12-10-6-2/h21-24,37-38H,5-20,25-36H2,1-4H3/b23-21-,24-22-. The van der Waals surface area contributed by atoms with Crippen molar-refractivity contribution in [3.63, 3.8) is 0 Å². The molecule has 0 spiro atoms. The van der Waals surface area contributed by atoms with Crippen molar-refractivity contribution in [3.05, 3.63) is 24.3 Å². The molecule has 0 fully saturated rings. The molecule has 0 bridgehead atoms. The van der Waals surface area contributed by atoms with Crippen LogP contribution in [0, 0.1) is 0 Å². The van der Waals surface area contributed by atoms with Crippen molar-refractivity contribution in [3.8, 4) is 0 Å². The Hall–Kier alpha value is -1.23. The van der Waals surface area contributed by atoms with E-state index in [2.05, 4.69) is 38.2 Å². The first-order valence-corrected chi connectivity index (χ1v) is 20.3. The molecule has 0 aliphatic heterocycles. The molecular weight excluding hydrogens is 577 g/mol. The summed E-state index contributed by atoms with van der Waals surface area (Å²) in [6, 6.07) is 0. The first kappa shape index (κ1) is 43.8. The minimum absolute atomic E-state index is 0.179. The smallest absolute Gasteiger partial charge is 0.319 e. The van der Waals surface area contributed by atoms with E-state index in [-0.39, 0.29) is 22.4 Å². The van der Waals surface area contributed by atoms with E-state index in [0.29, 0.717) is 13.2 Å². The van der Waals surface area contributed by atoms with Crippen LogP contribution in [0.3, 0.4) is 0 Å². The van der Waals surface area contributed by atoms with Crippen LogP contribution in [0.5, 0.6) is 0 Å². The van der Waals surface area contributed by atoms with Crippen molar-refractivity contribution in [1.29, 1.82) is 0 Å². The molecule has 45 heavy (non-hydrogen) atoms. The van der Waals surface area contributed by atoms with Crippen LogP contribution in [0.2, 0.25) is 0 Å². The van der Waals surface area contributed by atoms with E-state index < -0.39 is 0 Å². The minimum atomic E-state index is -0.298. The highest BCUT2D eigenvalue weighted by atomic mass is 32.2. The van der Waals surface area contributed by atoms with E-state index >= 15 is 0 Å². The molecule has 0 radical (unpaired) electrons. The van der Waals surface area contributed by atoms with E-state index in [1.165, 1.54) is 127 Å². The quantitative estimate of drug-likeness (QED) is 0.0394. The highest BCUT2D eigenvalue weighted by Gasteiger charge is 2.29. The molecule has 0 heterocycles. The van der Waals surface area contributed by atoms with Gasteiger partial charge >= 0.3 is 11.9 Å². The van der Waals surface area contributed by atoms with Crippen molar-refractivity contribution in [2.24, 2.45) is 0 Å². The van der Waals surface area contributed by atoms with E-state index in [9.17, 15) is 9.59 Å². The molecule has 0 amide bonds. The second-order valence-corrected chi connectivity index (χ2v) is 14.1. The average molecular weight is 651 g/mol. The number of esters is 2. The van der Waals surface area contributed by atoms with Gasteiger partial charge in [0.2, 0.25) is 0 Å². The molecule has 264 valence electrons. The Morgan fingerprint density at radius 1 is 0.444 bits per heavy atom. The zero-order valence-electron chi connectivity index (χ0n) is 30.3. The van der Waals surface area contributed by atoms with E-state index in [1.54, 1.807) is 0 Å². The number of thioether (sulfide) groups is 1. The molecule has 0 aliphatic carbocycles. The molecule has 0 N–H and O–H groups in total. The molecule has 0 aromatic carbocycles. The van der Waals surface area contributed by atoms with Crippen molar-refractivity contribution in [2.75, 3.05) is 13.2 Å². The average Bonchev–Trinajstić information content (AvgIpc) is 3.03. The summed E-state index contributed by atoms with van der Waals surface area (Å²) < 4.78 is 10.8. The predicted octanol–water partition coefficient (Wildman–Crippen LogP) is 12.9. The maximum absolute atomic E-state index is 12.8. The second kappa shape index (κ2) is 35.6. The third-order valence-electron chi connectivity index (χ3n) is 8.38. The number of carbonyl (C=O) groups is 2. The molecule has 4 nitrogen and oxygen atoms in total. The number of hydrogen-bond donors (Lipinski definition) is 0. The topological polar surface area (TPSA) is 52.6 Å². The van der Waals surface area contributed by atoms with Crippen LogP contribution in [0.1, 0.15) is 195 Å². The summed E-state index contributed by atoms with van der Waals surface area (Å²) in [5, 5.41) is -0.596. The molecule has 0 aromatic rings. The summed E-state index contributed by atoms with van der Waals surface area (Å²) in [5.41, 5.74) is 0. The van der Waals surface area contributed by atoms with Gasteiger partial charge in [-0.05, 0) is 78.1 Å². The van der Waals surface area contributed by atoms with Gasteiger partial charge in [-0.25, -0.2) is 0 Å². The third-order valence-corrected chi connectivity index (χ3v) is 9.90. The van der Waals surface area contributed by atoms with E-state index in [0.717, 1.165) is 51.4 Å². The normalized spacial score (nSPS) is 13.1. The van der Waals surface area contributed by atoms with Gasteiger partial charge in [0.05, 0.1) is 13.2 Å². The van der Waals surface area contributed by atoms with Crippen LogP contribution in [0.15, 0.2) is 24.3 Å². The fourth-order valence-electron chi connectivity index (χ4n) is 5.60. The van der Waals surface area contributed by atoms with Gasteiger partial charge in [-0.3, -0.25) is 9.59 Å². The van der Waals surface area contributed by atoms with Gasteiger partial charge in [-0.15, -0.1) is 11.8 Å². The zero-order valence-corrected chi connectivity index (χ0v) is 31.1. The Balaban J connectivity index is 4.33. The summed E-state index contributed by atoms with van der Waals surface area (Å²) in [4.78, 5) is 25.6. The van der Waals surface area contributed by atoms with Crippen LogP contribution in [0.25, 0.3) is 0 Å². The molecule has 0 aromatic heterocycles. The monoisotopic (exact) mass is 651 g/mol. The van der Waals surface area contributed by atoms with Crippen LogP contribution >= 0.6 is 11.8 Å². The Labute approximate surface area is 284 Å². The van der Waals surface area contributed by atoms with E-state index in [1.807, 2.05) is 13.8 Å². The molecule has 0 rings (SSSR count). The number of unbranched alkanes of at least 4 members (excludes halogenated alkanes) is 20. The number of hydrogen-bond acceptors (Lipinski definition) is 5. The zero-order chi connectivity index (χ0) is 33.1. The van der Waals surface area contributed by atoms with Crippen LogP contribution in [-0.4, -0.2) is 35.7 Å². The third kappa shape index (κ3) is 29.9. The number of carbonyl (C=O) groups excluding carboxylic acids is 2. The molecule has 2 atom stereocenters. The Kier molecular flexibility index (Phi) is 34.6. The Morgan fingerprint density at radius 3 is 1.04 bits per heavy atom. The first-order chi connectivity index (χ1) is 22.1. The van der Waals surface area contributed by atoms with Crippen molar-refractivity contribution in [2.45, 2.75) is 205 Å². The van der Waals surface area contributed by atoms with Gasteiger partial charge < -0.3 is 9.47 Å². The number of rotatable bonds is 34. The maximum atomic E-state index is 12.8. The van der Waals surface area contributed by atoms with Crippen molar-refractivity contribution < 1.29 is 19.1 Å². The summed E-state index contributed by atoms with van der Waals surface area (Å²) in [7, 11) is 0. The predicted molar refractivity (Wildman–Crippen MR) is 198 cm³/mol. The van der Waals surface area contributed by atoms with E-state index in [4.69, 9.17) is 9.47 Å². The second-order valence-electron chi connectivity index (χ2n) is 12.7. The van der Waals surface area contributed by atoms with Gasteiger partial charge in [-0.1, -0.05) is 141 Å². The SMILES string of the molecule is CCCCCCCC/C=C\CCCCCCC(SC(CCCCCC/C=C\CCCCCCCC)C(=O)OCC)C(=O)OCC. The van der Waals surface area contributed by atoms with Gasteiger partial charge in [-0.2, -0.15) is 0 Å². The summed E-state index contributed by atoms with van der Waals surface area (Å²) in [5.74, 6) is -0.357. The molecule has 0 saturated heterocycles. The van der Waals surface area contributed by atoms with Crippen LogP contribution < -0.4 is 0 Å². The number of allylic oxidation sites excluding steroid dienone is 4. The lowest BCUT2D eigenvalue weighted by molar-refractivity contribution is -0.142. The Morgan fingerprint density at radius 2 is 0.733 bits per heavy atom. The van der Waals surface area contributed by atoms with Gasteiger partial charge in [0, 0.05) is 0 Å². The molecule has 0 aliphatic rings. The highest BCUT2D eigenvalue weighted by molar-refractivity contribution is 8.01. The van der Waals surface area contributed by atoms with Crippen LogP contribution in [0.4, 0.5) is 0 Å². The summed E-state index contributed by atoms with van der Waals surface area (Å²) >= 11 is 1.49. The lowest BCUT2D eigenvalue weighted by Gasteiger charge is -2.21. The summed E-state index contributed by atoms with van der Waals surface area (Å²) in [6.45, 7) is 8.99. The van der Waals surface area contributed by atoms with Gasteiger partial charge in [0.25, 0.3) is 0 Å². The lowest BCUT2D eigenvalue weighted by Crippen LogP contribution is -2.28. The highest BCUT2D eigenvalue weighted by Crippen LogP contribution is 2.29. The van der Waals surface area contributed by atoms with Gasteiger partial charge in [0.15, 0.2) is 0 Å². The minimum Gasteiger partial charge on any atom is -0.465 e. The van der Waals surface area contributed by atoms with Gasteiger partial charge in [0.1, 0.15) is 10.5 Å².